The molecule has 9 heteroatoms. The van der Waals surface area contributed by atoms with Gasteiger partial charge in [0.05, 0.1) is 11.1 Å². The maximum Gasteiger partial charge on any atom is 0.271 e. The first kappa shape index (κ1) is 20.8. The molecule has 0 atom stereocenters. The van der Waals surface area contributed by atoms with Crippen molar-refractivity contribution < 1.29 is 13.2 Å². The number of carbonyl (C=O) groups is 1. The number of nitrogens with zero attached hydrogens (tertiary/aromatic N) is 2. The van der Waals surface area contributed by atoms with Gasteiger partial charge >= 0.3 is 0 Å². The average molecular weight is 431 g/mol. The molecule has 3 N–H and O–H groups in total. The van der Waals surface area contributed by atoms with Gasteiger partial charge in [-0.05, 0) is 62.4 Å². The fourth-order valence-electron chi connectivity index (χ4n) is 2.96. The summed E-state index contributed by atoms with van der Waals surface area (Å²) < 4.78 is 24.8. The number of primary sulfonamides is 1. The van der Waals surface area contributed by atoms with Crippen LogP contribution in [0.3, 0.4) is 0 Å². The molecule has 1 amide bonds. The Morgan fingerprint density at radius 2 is 1.83 bits per heavy atom. The molecule has 0 aliphatic heterocycles. The standard InChI is InChI=1S/C20H19ClN4O3S/c1-13-10-16(12-23-24-20(26)15-4-3-5-17(21)11-15)14(2)25(13)18-6-8-19(9-7-18)29(22,27)28/h3-12H,1-2H3,(H,24,26)(H2,22,27,28)/b23-12-. The van der Waals surface area contributed by atoms with E-state index in [1.807, 2.05) is 24.5 Å². The number of amides is 1. The zero-order chi connectivity index (χ0) is 21.2. The van der Waals surface area contributed by atoms with Gasteiger partial charge in [-0.15, -0.1) is 0 Å². The molecule has 0 radical (unpaired) electrons. The third-order valence-corrected chi connectivity index (χ3v) is 5.51. The SMILES string of the molecule is Cc1cc(/C=N\NC(=O)c2cccc(Cl)c2)c(C)n1-c1ccc(S(N)(=O)=O)cc1. The Morgan fingerprint density at radius 3 is 2.45 bits per heavy atom. The van der Waals surface area contributed by atoms with Crippen LogP contribution in [0.2, 0.25) is 5.02 Å². The van der Waals surface area contributed by atoms with Crippen LogP contribution in [0.4, 0.5) is 0 Å². The first-order valence-corrected chi connectivity index (χ1v) is 10.5. The van der Waals surface area contributed by atoms with Gasteiger partial charge in [-0.3, -0.25) is 4.79 Å². The summed E-state index contributed by atoms with van der Waals surface area (Å²) in [5, 5.41) is 9.64. The Kier molecular flexibility index (Phi) is 5.88. The fourth-order valence-corrected chi connectivity index (χ4v) is 3.66. The third-order valence-electron chi connectivity index (χ3n) is 4.35. The van der Waals surface area contributed by atoms with Gasteiger partial charge in [0.25, 0.3) is 5.91 Å². The van der Waals surface area contributed by atoms with Crippen molar-refractivity contribution in [2.24, 2.45) is 10.2 Å². The Morgan fingerprint density at radius 1 is 1.14 bits per heavy atom. The second-order valence-electron chi connectivity index (χ2n) is 6.41. The summed E-state index contributed by atoms with van der Waals surface area (Å²) in [6.07, 6.45) is 1.56. The molecule has 3 aromatic rings. The number of nitrogens with one attached hydrogen (secondary N) is 1. The summed E-state index contributed by atoms with van der Waals surface area (Å²) in [4.78, 5) is 12.2. The monoisotopic (exact) mass is 430 g/mol. The van der Waals surface area contributed by atoms with Crippen LogP contribution in [0, 0.1) is 13.8 Å². The Labute approximate surface area is 173 Å². The van der Waals surface area contributed by atoms with Gasteiger partial charge in [0.1, 0.15) is 0 Å². The van der Waals surface area contributed by atoms with Crippen molar-refractivity contribution >= 4 is 33.7 Å². The number of rotatable bonds is 5. The first-order valence-electron chi connectivity index (χ1n) is 8.58. The largest absolute Gasteiger partial charge is 0.318 e. The highest BCUT2D eigenvalue weighted by molar-refractivity contribution is 7.89. The van der Waals surface area contributed by atoms with E-state index in [1.54, 1.807) is 42.6 Å². The van der Waals surface area contributed by atoms with Crippen molar-refractivity contribution in [3.05, 3.63) is 82.1 Å². The molecule has 0 spiro atoms. The molecular formula is C20H19ClN4O3S. The Bertz CT molecular complexity index is 1200. The van der Waals surface area contributed by atoms with Crippen LogP contribution in [0.5, 0.6) is 0 Å². The predicted molar refractivity (Wildman–Crippen MR) is 113 cm³/mol. The molecule has 3 rings (SSSR count). The maximum absolute atomic E-state index is 12.1. The van der Waals surface area contributed by atoms with E-state index < -0.39 is 10.0 Å². The van der Waals surface area contributed by atoms with Crippen molar-refractivity contribution in [1.82, 2.24) is 9.99 Å². The number of nitrogens with two attached hydrogens (primary N) is 1. The number of aromatic nitrogens is 1. The van der Waals surface area contributed by atoms with Crippen LogP contribution in [0.15, 0.2) is 64.6 Å². The molecule has 2 aromatic carbocycles. The molecular weight excluding hydrogens is 412 g/mol. The van der Waals surface area contributed by atoms with Gasteiger partial charge in [-0.2, -0.15) is 5.10 Å². The van der Waals surface area contributed by atoms with E-state index in [0.29, 0.717) is 10.6 Å². The second-order valence-corrected chi connectivity index (χ2v) is 8.41. The molecule has 7 nitrogen and oxygen atoms in total. The molecule has 0 bridgehead atoms. The molecule has 1 heterocycles. The van der Waals surface area contributed by atoms with E-state index >= 15 is 0 Å². The molecule has 0 aliphatic carbocycles. The van der Waals surface area contributed by atoms with Gasteiger partial charge in [0, 0.05) is 33.2 Å². The molecule has 0 unspecified atom stereocenters. The number of hydrogen-bond acceptors (Lipinski definition) is 4. The van der Waals surface area contributed by atoms with Crippen LogP contribution in [-0.4, -0.2) is 25.1 Å². The number of hydrogen-bond donors (Lipinski definition) is 2. The van der Waals surface area contributed by atoms with E-state index in [0.717, 1.165) is 22.6 Å². The normalized spacial score (nSPS) is 11.7. The van der Waals surface area contributed by atoms with Crippen molar-refractivity contribution in [3.8, 4) is 5.69 Å². The molecule has 29 heavy (non-hydrogen) atoms. The van der Waals surface area contributed by atoms with E-state index in [-0.39, 0.29) is 10.8 Å². The van der Waals surface area contributed by atoms with Gasteiger partial charge < -0.3 is 4.57 Å². The van der Waals surface area contributed by atoms with Crippen LogP contribution in [0.25, 0.3) is 5.69 Å². The molecule has 0 saturated heterocycles. The third kappa shape index (κ3) is 4.73. The molecule has 0 fully saturated rings. The summed E-state index contributed by atoms with van der Waals surface area (Å²) >= 11 is 5.89. The summed E-state index contributed by atoms with van der Waals surface area (Å²) in [5.41, 5.74) is 6.29. The smallest absolute Gasteiger partial charge is 0.271 e. The topological polar surface area (TPSA) is 107 Å². The van der Waals surface area contributed by atoms with Crippen LogP contribution < -0.4 is 10.6 Å². The number of halogens is 1. The zero-order valence-electron chi connectivity index (χ0n) is 15.8. The number of aryl methyl sites for hydroxylation is 1. The first-order chi connectivity index (χ1) is 13.7. The summed E-state index contributed by atoms with van der Waals surface area (Å²) in [5.74, 6) is -0.365. The highest BCUT2D eigenvalue weighted by Gasteiger charge is 2.12. The highest BCUT2D eigenvalue weighted by Crippen LogP contribution is 2.21. The second kappa shape index (κ2) is 8.20. The van der Waals surface area contributed by atoms with Gasteiger partial charge in [0.2, 0.25) is 10.0 Å². The number of carbonyl (C=O) groups excluding carboxylic acids is 1. The number of benzene rings is 2. The van der Waals surface area contributed by atoms with E-state index in [2.05, 4.69) is 10.5 Å². The predicted octanol–water partition coefficient (Wildman–Crippen LogP) is 3.16. The lowest BCUT2D eigenvalue weighted by Gasteiger charge is -2.10. The average Bonchev–Trinajstić information content (AvgIpc) is 2.94. The zero-order valence-corrected chi connectivity index (χ0v) is 17.3. The quantitative estimate of drug-likeness (QED) is 0.479. The summed E-state index contributed by atoms with van der Waals surface area (Å²) in [7, 11) is -3.74. The number of hydrazone groups is 1. The lowest BCUT2D eigenvalue weighted by atomic mass is 10.2. The Balaban J connectivity index is 1.80. The highest BCUT2D eigenvalue weighted by atomic mass is 35.5. The van der Waals surface area contributed by atoms with Gasteiger partial charge in [0.15, 0.2) is 0 Å². The van der Waals surface area contributed by atoms with E-state index in [1.165, 1.54) is 12.1 Å². The van der Waals surface area contributed by atoms with E-state index in [4.69, 9.17) is 16.7 Å². The lowest BCUT2D eigenvalue weighted by molar-refractivity contribution is 0.0955. The van der Waals surface area contributed by atoms with Gasteiger partial charge in [-0.25, -0.2) is 19.0 Å². The van der Waals surface area contributed by atoms with Gasteiger partial charge in [-0.1, -0.05) is 17.7 Å². The fraction of sp³-hybridized carbons (Fsp3) is 0.100. The minimum Gasteiger partial charge on any atom is -0.318 e. The van der Waals surface area contributed by atoms with Crippen LogP contribution >= 0.6 is 11.6 Å². The van der Waals surface area contributed by atoms with Crippen LogP contribution in [0.1, 0.15) is 27.3 Å². The van der Waals surface area contributed by atoms with Crippen molar-refractivity contribution in [2.75, 3.05) is 0 Å². The molecule has 0 aliphatic rings. The molecule has 150 valence electrons. The van der Waals surface area contributed by atoms with Crippen LogP contribution in [-0.2, 0) is 10.0 Å². The molecule has 0 saturated carbocycles. The maximum atomic E-state index is 12.1. The minimum absolute atomic E-state index is 0.0502. The van der Waals surface area contributed by atoms with Crippen molar-refractivity contribution in [3.63, 3.8) is 0 Å². The molecule has 1 aromatic heterocycles. The van der Waals surface area contributed by atoms with Crippen molar-refractivity contribution in [2.45, 2.75) is 18.7 Å². The lowest BCUT2D eigenvalue weighted by Crippen LogP contribution is -2.17. The summed E-state index contributed by atoms with van der Waals surface area (Å²) in [6.45, 7) is 3.82. The van der Waals surface area contributed by atoms with Crippen molar-refractivity contribution in [1.29, 1.82) is 0 Å². The minimum atomic E-state index is -3.74. The Hall–Kier alpha value is -2.94. The summed E-state index contributed by atoms with van der Waals surface area (Å²) in [6, 6.07) is 14.8. The number of sulfonamides is 1. The van der Waals surface area contributed by atoms with E-state index in [9.17, 15) is 13.2 Å².